The zero-order chi connectivity index (χ0) is 18.9. The minimum absolute atomic E-state index is 0.112. The lowest BCUT2D eigenvalue weighted by Gasteiger charge is -2.22. The fourth-order valence-corrected chi connectivity index (χ4v) is 3.23. The Bertz CT molecular complexity index is 848. The molecule has 1 fully saturated rings. The molecule has 138 valence electrons. The van der Waals surface area contributed by atoms with Gasteiger partial charge in [-0.05, 0) is 39.3 Å². The molecule has 0 spiro atoms. The van der Waals surface area contributed by atoms with E-state index >= 15 is 0 Å². The summed E-state index contributed by atoms with van der Waals surface area (Å²) in [5, 5.41) is 3.88. The third-order valence-corrected chi connectivity index (χ3v) is 4.31. The van der Waals surface area contributed by atoms with Gasteiger partial charge in [0.25, 0.3) is 5.91 Å². The molecule has 7 heteroatoms. The molecule has 0 bridgehead atoms. The van der Waals surface area contributed by atoms with E-state index in [4.69, 9.17) is 16.3 Å². The summed E-state index contributed by atoms with van der Waals surface area (Å²) in [7, 11) is 0. The van der Waals surface area contributed by atoms with E-state index in [9.17, 15) is 9.59 Å². The number of hydrogen-bond donors (Lipinski definition) is 1. The Kier molecular flexibility index (Phi) is 5.05. The van der Waals surface area contributed by atoms with E-state index in [1.807, 2.05) is 45.0 Å². The Balaban J connectivity index is 1.72. The van der Waals surface area contributed by atoms with Gasteiger partial charge in [-0.25, -0.2) is 9.78 Å². The van der Waals surface area contributed by atoms with Gasteiger partial charge in [0, 0.05) is 18.5 Å². The van der Waals surface area contributed by atoms with Crippen molar-refractivity contribution in [1.82, 2.24) is 15.2 Å². The SMILES string of the molecule is CC(C)(C)OC(=O)N[C@H]1CCN(C(=O)c2cc(Cl)nc3ccccc23)C1. The third-order valence-electron chi connectivity index (χ3n) is 4.11. The minimum atomic E-state index is -0.551. The maximum atomic E-state index is 13.0. The first-order valence-corrected chi connectivity index (χ1v) is 8.95. The summed E-state index contributed by atoms with van der Waals surface area (Å²) in [6.07, 6.45) is 0.219. The Morgan fingerprint density at radius 2 is 2.04 bits per heavy atom. The summed E-state index contributed by atoms with van der Waals surface area (Å²) in [4.78, 5) is 30.9. The Morgan fingerprint density at radius 3 is 2.77 bits per heavy atom. The number of halogens is 1. The van der Waals surface area contributed by atoms with Crippen LogP contribution < -0.4 is 5.32 Å². The van der Waals surface area contributed by atoms with Crippen LogP contribution >= 0.6 is 11.6 Å². The van der Waals surface area contributed by atoms with Crippen molar-refractivity contribution in [2.24, 2.45) is 0 Å². The molecule has 26 heavy (non-hydrogen) atoms. The van der Waals surface area contributed by atoms with Gasteiger partial charge in [0.1, 0.15) is 10.8 Å². The van der Waals surface area contributed by atoms with E-state index in [1.54, 1.807) is 11.0 Å². The topological polar surface area (TPSA) is 71.5 Å². The molecule has 1 aromatic carbocycles. The highest BCUT2D eigenvalue weighted by molar-refractivity contribution is 6.30. The third kappa shape index (κ3) is 4.25. The second-order valence-corrected chi connectivity index (χ2v) is 7.78. The second kappa shape index (κ2) is 7.11. The number of alkyl carbamates (subject to hydrolysis) is 1. The predicted molar refractivity (Wildman–Crippen MR) is 100 cm³/mol. The summed E-state index contributed by atoms with van der Waals surface area (Å²) < 4.78 is 5.27. The number of carbonyl (C=O) groups is 2. The Morgan fingerprint density at radius 1 is 1.31 bits per heavy atom. The van der Waals surface area contributed by atoms with Crippen LogP contribution in [0, 0.1) is 0 Å². The normalized spacial score (nSPS) is 17.4. The molecule has 1 aromatic heterocycles. The van der Waals surface area contributed by atoms with Crippen molar-refractivity contribution in [3.63, 3.8) is 0 Å². The first-order valence-electron chi connectivity index (χ1n) is 8.57. The molecule has 1 N–H and O–H groups in total. The summed E-state index contributed by atoms with van der Waals surface area (Å²) >= 11 is 6.08. The first-order chi connectivity index (χ1) is 12.2. The van der Waals surface area contributed by atoms with Crippen molar-refractivity contribution in [2.75, 3.05) is 13.1 Å². The number of carbonyl (C=O) groups excluding carboxylic acids is 2. The highest BCUT2D eigenvalue weighted by atomic mass is 35.5. The first kappa shape index (κ1) is 18.5. The molecule has 0 saturated carbocycles. The van der Waals surface area contributed by atoms with Crippen LogP contribution in [-0.2, 0) is 4.74 Å². The average Bonchev–Trinajstić information content (AvgIpc) is 2.99. The molecule has 6 nitrogen and oxygen atoms in total. The van der Waals surface area contributed by atoms with Gasteiger partial charge >= 0.3 is 6.09 Å². The summed E-state index contributed by atoms with van der Waals surface area (Å²) in [5.74, 6) is -0.112. The lowest BCUT2D eigenvalue weighted by atomic mass is 10.1. The van der Waals surface area contributed by atoms with Gasteiger partial charge in [0.15, 0.2) is 0 Å². The fourth-order valence-electron chi connectivity index (χ4n) is 3.03. The molecule has 2 aromatic rings. The van der Waals surface area contributed by atoms with Crippen LogP contribution in [-0.4, -0.2) is 46.6 Å². The van der Waals surface area contributed by atoms with Gasteiger partial charge < -0.3 is 15.0 Å². The van der Waals surface area contributed by atoms with E-state index in [1.165, 1.54) is 0 Å². The van der Waals surface area contributed by atoms with Crippen molar-refractivity contribution >= 4 is 34.5 Å². The summed E-state index contributed by atoms with van der Waals surface area (Å²) in [5.41, 5.74) is 0.662. The molecule has 1 atom stereocenters. The monoisotopic (exact) mass is 375 g/mol. The number of rotatable bonds is 2. The van der Waals surface area contributed by atoms with Crippen LogP contribution in [0.3, 0.4) is 0 Å². The number of fused-ring (bicyclic) bond motifs is 1. The van der Waals surface area contributed by atoms with E-state index < -0.39 is 11.7 Å². The average molecular weight is 376 g/mol. The molecular weight excluding hydrogens is 354 g/mol. The van der Waals surface area contributed by atoms with Crippen molar-refractivity contribution in [1.29, 1.82) is 0 Å². The van der Waals surface area contributed by atoms with Crippen LogP contribution in [0.1, 0.15) is 37.6 Å². The minimum Gasteiger partial charge on any atom is -0.444 e. The number of hydrogen-bond acceptors (Lipinski definition) is 4. The quantitative estimate of drug-likeness (QED) is 0.813. The van der Waals surface area contributed by atoms with Crippen molar-refractivity contribution in [2.45, 2.75) is 38.8 Å². The number of pyridine rings is 1. The molecule has 0 unspecified atom stereocenters. The van der Waals surface area contributed by atoms with E-state index in [-0.39, 0.29) is 17.1 Å². The molecule has 2 amide bonds. The van der Waals surface area contributed by atoms with E-state index in [0.29, 0.717) is 30.6 Å². The largest absolute Gasteiger partial charge is 0.444 e. The van der Waals surface area contributed by atoms with Crippen LogP contribution in [0.4, 0.5) is 4.79 Å². The van der Waals surface area contributed by atoms with Gasteiger partial charge in [-0.15, -0.1) is 0 Å². The Hall–Kier alpha value is -2.34. The maximum Gasteiger partial charge on any atom is 0.407 e. The Labute approximate surface area is 157 Å². The highest BCUT2D eigenvalue weighted by Gasteiger charge is 2.30. The number of benzene rings is 1. The lowest BCUT2D eigenvalue weighted by Crippen LogP contribution is -2.41. The maximum absolute atomic E-state index is 13.0. The molecule has 2 heterocycles. The smallest absolute Gasteiger partial charge is 0.407 e. The number of nitrogens with one attached hydrogen (secondary N) is 1. The van der Waals surface area contributed by atoms with Gasteiger partial charge in [-0.1, -0.05) is 29.8 Å². The van der Waals surface area contributed by atoms with Crippen LogP contribution in [0.25, 0.3) is 10.9 Å². The fraction of sp³-hybridized carbons (Fsp3) is 0.421. The molecular formula is C19H22ClN3O3. The van der Waals surface area contributed by atoms with E-state index in [2.05, 4.69) is 10.3 Å². The number of para-hydroxylation sites is 1. The van der Waals surface area contributed by atoms with Gasteiger partial charge in [-0.2, -0.15) is 0 Å². The number of nitrogens with zero attached hydrogens (tertiary/aromatic N) is 2. The molecule has 1 saturated heterocycles. The number of aromatic nitrogens is 1. The lowest BCUT2D eigenvalue weighted by molar-refractivity contribution is 0.0502. The highest BCUT2D eigenvalue weighted by Crippen LogP contribution is 2.24. The number of likely N-dealkylation sites (tertiary alicyclic amines) is 1. The molecule has 0 radical (unpaired) electrons. The van der Waals surface area contributed by atoms with Crippen molar-refractivity contribution in [3.05, 3.63) is 41.0 Å². The van der Waals surface area contributed by atoms with Gasteiger partial charge in [-0.3, -0.25) is 4.79 Å². The number of amides is 2. The van der Waals surface area contributed by atoms with Crippen LogP contribution in [0.15, 0.2) is 30.3 Å². The summed E-state index contributed by atoms with van der Waals surface area (Å²) in [6, 6.07) is 8.88. The molecule has 3 rings (SSSR count). The molecule has 1 aliphatic rings. The predicted octanol–water partition coefficient (Wildman–Crippen LogP) is 3.63. The van der Waals surface area contributed by atoms with Crippen molar-refractivity contribution < 1.29 is 14.3 Å². The molecule has 0 aliphatic carbocycles. The van der Waals surface area contributed by atoms with Gasteiger partial charge in [0.2, 0.25) is 0 Å². The zero-order valence-electron chi connectivity index (χ0n) is 15.1. The zero-order valence-corrected chi connectivity index (χ0v) is 15.8. The standard InChI is InChI=1S/C19H22ClN3O3/c1-19(2,3)26-18(25)21-12-8-9-23(11-12)17(24)14-10-16(20)22-15-7-5-4-6-13(14)15/h4-7,10,12H,8-9,11H2,1-3H3,(H,21,25)/t12-/m0/s1. The van der Waals surface area contributed by atoms with Crippen LogP contribution in [0.2, 0.25) is 5.15 Å². The number of ether oxygens (including phenoxy) is 1. The molecule has 1 aliphatic heterocycles. The summed E-state index contributed by atoms with van der Waals surface area (Å²) in [6.45, 7) is 6.44. The van der Waals surface area contributed by atoms with E-state index in [0.717, 1.165) is 5.39 Å². The van der Waals surface area contributed by atoms with Crippen molar-refractivity contribution in [3.8, 4) is 0 Å². The van der Waals surface area contributed by atoms with Gasteiger partial charge in [0.05, 0.1) is 17.1 Å². The second-order valence-electron chi connectivity index (χ2n) is 7.39. The van der Waals surface area contributed by atoms with Crippen LogP contribution in [0.5, 0.6) is 0 Å².